The van der Waals surface area contributed by atoms with E-state index in [1.807, 2.05) is 24.3 Å². The monoisotopic (exact) mass is 282 g/mol. The minimum Gasteiger partial charge on any atom is -0.395 e. The standard InChI is InChI=1S/C15H23ClN2O/c16-13-7-5-12(6-8-13)15(10-17)18-9-3-1-2-4-14(18)11-19/h5-8,14-15,19H,1-4,9-11,17H2. The molecule has 0 amide bonds. The second-order valence-corrected chi connectivity index (χ2v) is 5.66. The number of rotatable bonds is 4. The van der Waals surface area contributed by atoms with Gasteiger partial charge in [-0.05, 0) is 37.1 Å². The van der Waals surface area contributed by atoms with Crippen molar-refractivity contribution < 1.29 is 5.11 Å². The molecule has 1 aliphatic rings. The third kappa shape index (κ3) is 3.69. The van der Waals surface area contributed by atoms with Gasteiger partial charge in [0.05, 0.1) is 6.61 Å². The van der Waals surface area contributed by atoms with Crippen molar-refractivity contribution in [2.24, 2.45) is 5.73 Å². The molecule has 0 bridgehead atoms. The molecule has 3 N–H and O–H groups in total. The van der Waals surface area contributed by atoms with Crippen LogP contribution >= 0.6 is 11.6 Å². The average molecular weight is 283 g/mol. The first kappa shape index (κ1) is 14.8. The molecule has 0 saturated carbocycles. The SMILES string of the molecule is NCC(c1ccc(Cl)cc1)N1CCCCCC1CO. The molecule has 0 spiro atoms. The first-order chi connectivity index (χ1) is 9.26. The number of nitrogens with two attached hydrogens (primary N) is 1. The molecule has 106 valence electrons. The fraction of sp³-hybridized carbons (Fsp3) is 0.600. The van der Waals surface area contributed by atoms with Crippen LogP contribution in [0.2, 0.25) is 5.02 Å². The number of hydrogen-bond donors (Lipinski definition) is 2. The minimum atomic E-state index is 0.174. The summed E-state index contributed by atoms with van der Waals surface area (Å²) in [5.41, 5.74) is 7.17. The van der Waals surface area contributed by atoms with Crippen LogP contribution < -0.4 is 5.73 Å². The van der Waals surface area contributed by atoms with Gasteiger partial charge in [-0.1, -0.05) is 36.6 Å². The zero-order valence-corrected chi connectivity index (χ0v) is 12.0. The average Bonchev–Trinajstić information content (AvgIpc) is 2.67. The molecule has 19 heavy (non-hydrogen) atoms. The lowest BCUT2D eigenvalue weighted by Crippen LogP contribution is -2.43. The van der Waals surface area contributed by atoms with Crippen LogP contribution in [0.15, 0.2) is 24.3 Å². The maximum Gasteiger partial charge on any atom is 0.0587 e. The van der Waals surface area contributed by atoms with Crippen molar-refractivity contribution in [1.29, 1.82) is 0 Å². The Morgan fingerprint density at radius 2 is 2.00 bits per heavy atom. The van der Waals surface area contributed by atoms with Gasteiger partial charge in [0.2, 0.25) is 0 Å². The second-order valence-electron chi connectivity index (χ2n) is 5.23. The summed E-state index contributed by atoms with van der Waals surface area (Å²) >= 11 is 5.94. The Bertz CT molecular complexity index is 382. The van der Waals surface area contributed by atoms with Crippen LogP contribution in [-0.2, 0) is 0 Å². The van der Waals surface area contributed by atoms with Gasteiger partial charge in [-0.25, -0.2) is 0 Å². The zero-order valence-electron chi connectivity index (χ0n) is 11.3. The number of likely N-dealkylation sites (tertiary alicyclic amines) is 1. The van der Waals surface area contributed by atoms with E-state index < -0.39 is 0 Å². The summed E-state index contributed by atoms with van der Waals surface area (Å²) in [6, 6.07) is 8.30. The summed E-state index contributed by atoms with van der Waals surface area (Å²) in [5.74, 6) is 0. The molecule has 1 heterocycles. The van der Waals surface area contributed by atoms with E-state index in [0.717, 1.165) is 18.0 Å². The Kier molecular flexibility index (Phi) is 5.64. The molecule has 2 rings (SSSR count). The van der Waals surface area contributed by atoms with Crippen LogP contribution in [0, 0.1) is 0 Å². The Morgan fingerprint density at radius 1 is 1.26 bits per heavy atom. The van der Waals surface area contributed by atoms with Crippen LogP contribution in [0.1, 0.15) is 37.3 Å². The molecular formula is C15H23ClN2O. The topological polar surface area (TPSA) is 49.5 Å². The highest BCUT2D eigenvalue weighted by Gasteiger charge is 2.27. The van der Waals surface area contributed by atoms with Crippen molar-refractivity contribution >= 4 is 11.6 Å². The molecule has 2 unspecified atom stereocenters. The van der Waals surface area contributed by atoms with E-state index in [1.165, 1.54) is 24.8 Å². The van der Waals surface area contributed by atoms with Crippen molar-refractivity contribution in [2.45, 2.75) is 37.8 Å². The van der Waals surface area contributed by atoms with Gasteiger partial charge in [0.15, 0.2) is 0 Å². The van der Waals surface area contributed by atoms with E-state index in [9.17, 15) is 5.11 Å². The lowest BCUT2D eigenvalue weighted by atomic mass is 10.0. The van der Waals surface area contributed by atoms with Crippen molar-refractivity contribution in [3.05, 3.63) is 34.9 Å². The second kappa shape index (κ2) is 7.25. The smallest absolute Gasteiger partial charge is 0.0587 e. The lowest BCUT2D eigenvalue weighted by molar-refractivity contribution is 0.0870. The third-order valence-electron chi connectivity index (χ3n) is 4.01. The number of nitrogens with zero attached hydrogens (tertiary/aromatic N) is 1. The molecule has 1 fully saturated rings. The summed E-state index contributed by atoms with van der Waals surface area (Å²) in [6.07, 6.45) is 4.67. The highest BCUT2D eigenvalue weighted by Crippen LogP contribution is 2.28. The first-order valence-electron chi connectivity index (χ1n) is 7.08. The Hall–Kier alpha value is -0.610. The van der Waals surface area contributed by atoms with Gasteiger partial charge in [0.25, 0.3) is 0 Å². The maximum absolute atomic E-state index is 9.62. The molecule has 1 aliphatic heterocycles. The van der Waals surface area contributed by atoms with Crippen molar-refractivity contribution in [3.8, 4) is 0 Å². The highest BCUT2D eigenvalue weighted by molar-refractivity contribution is 6.30. The van der Waals surface area contributed by atoms with E-state index in [0.29, 0.717) is 6.54 Å². The number of aliphatic hydroxyl groups is 1. The molecule has 3 nitrogen and oxygen atoms in total. The van der Waals surface area contributed by atoms with Crippen LogP contribution in [0.5, 0.6) is 0 Å². The van der Waals surface area contributed by atoms with E-state index in [4.69, 9.17) is 17.3 Å². The molecule has 1 saturated heterocycles. The minimum absolute atomic E-state index is 0.174. The van der Waals surface area contributed by atoms with Gasteiger partial charge in [-0.2, -0.15) is 0 Å². The third-order valence-corrected chi connectivity index (χ3v) is 4.26. The number of halogens is 1. The Morgan fingerprint density at radius 3 is 2.63 bits per heavy atom. The molecule has 4 heteroatoms. The molecule has 0 aliphatic carbocycles. The summed E-state index contributed by atoms with van der Waals surface area (Å²) in [6.45, 7) is 1.79. The fourth-order valence-electron chi connectivity index (χ4n) is 2.95. The van der Waals surface area contributed by atoms with E-state index in [-0.39, 0.29) is 18.7 Å². The molecule has 2 atom stereocenters. The quantitative estimate of drug-likeness (QED) is 0.892. The fourth-order valence-corrected chi connectivity index (χ4v) is 3.08. The number of aliphatic hydroxyl groups excluding tert-OH is 1. The van der Waals surface area contributed by atoms with Crippen LogP contribution in [-0.4, -0.2) is 35.7 Å². The van der Waals surface area contributed by atoms with Gasteiger partial charge < -0.3 is 10.8 Å². The highest BCUT2D eigenvalue weighted by atomic mass is 35.5. The molecular weight excluding hydrogens is 260 g/mol. The van der Waals surface area contributed by atoms with Gasteiger partial charge in [0.1, 0.15) is 0 Å². The van der Waals surface area contributed by atoms with Crippen molar-refractivity contribution in [2.75, 3.05) is 19.7 Å². The van der Waals surface area contributed by atoms with Crippen LogP contribution in [0.25, 0.3) is 0 Å². The van der Waals surface area contributed by atoms with E-state index >= 15 is 0 Å². The summed E-state index contributed by atoms with van der Waals surface area (Å²) in [7, 11) is 0. The normalized spacial score (nSPS) is 23.0. The summed E-state index contributed by atoms with van der Waals surface area (Å²) < 4.78 is 0. The largest absolute Gasteiger partial charge is 0.395 e. The van der Waals surface area contributed by atoms with Crippen molar-refractivity contribution in [1.82, 2.24) is 4.90 Å². The predicted octanol–water partition coefficient (Wildman–Crippen LogP) is 2.58. The van der Waals surface area contributed by atoms with Crippen LogP contribution in [0.3, 0.4) is 0 Å². The van der Waals surface area contributed by atoms with Gasteiger partial charge in [-0.15, -0.1) is 0 Å². The molecule has 0 aromatic heterocycles. The maximum atomic E-state index is 9.62. The van der Waals surface area contributed by atoms with E-state index in [2.05, 4.69) is 4.90 Å². The van der Waals surface area contributed by atoms with Gasteiger partial charge in [-0.3, -0.25) is 4.90 Å². The summed E-state index contributed by atoms with van der Waals surface area (Å²) in [5, 5.41) is 10.4. The summed E-state index contributed by atoms with van der Waals surface area (Å²) in [4.78, 5) is 2.37. The van der Waals surface area contributed by atoms with Gasteiger partial charge >= 0.3 is 0 Å². The lowest BCUT2D eigenvalue weighted by Gasteiger charge is -2.36. The van der Waals surface area contributed by atoms with Gasteiger partial charge in [0, 0.05) is 23.7 Å². The number of hydrogen-bond acceptors (Lipinski definition) is 3. The van der Waals surface area contributed by atoms with Crippen molar-refractivity contribution in [3.63, 3.8) is 0 Å². The Balaban J connectivity index is 2.20. The predicted molar refractivity (Wildman–Crippen MR) is 79.3 cm³/mol. The zero-order chi connectivity index (χ0) is 13.7. The molecule has 1 aromatic carbocycles. The Labute approximate surface area is 120 Å². The number of benzene rings is 1. The van der Waals surface area contributed by atoms with Crippen LogP contribution in [0.4, 0.5) is 0 Å². The molecule has 0 radical (unpaired) electrons. The molecule has 1 aromatic rings. The van der Waals surface area contributed by atoms with E-state index in [1.54, 1.807) is 0 Å². The first-order valence-corrected chi connectivity index (χ1v) is 7.46.